The van der Waals surface area contributed by atoms with Gasteiger partial charge in [-0.25, -0.2) is 4.98 Å². The first-order valence-electron chi connectivity index (χ1n) is 8.42. The molecule has 3 rings (SSSR count). The third kappa shape index (κ3) is 4.19. The summed E-state index contributed by atoms with van der Waals surface area (Å²) in [6.45, 7) is 2.95. The summed E-state index contributed by atoms with van der Waals surface area (Å²) in [5.74, 6) is 1.23. The topological polar surface area (TPSA) is 48.8 Å². The summed E-state index contributed by atoms with van der Waals surface area (Å²) in [5.41, 5.74) is 2.08. The largest absolute Gasteiger partial charge is 0.370 e. The van der Waals surface area contributed by atoms with Crippen molar-refractivity contribution < 1.29 is 0 Å². The Morgan fingerprint density at radius 1 is 1.04 bits per heavy atom. The van der Waals surface area contributed by atoms with E-state index < -0.39 is 0 Å². The van der Waals surface area contributed by atoms with E-state index in [1.54, 1.807) is 6.20 Å². The highest BCUT2D eigenvalue weighted by Gasteiger charge is 2.09. The molecule has 3 heteroatoms. The van der Waals surface area contributed by atoms with Crippen LogP contribution in [0.1, 0.15) is 31.2 Å². The average Bonchev–Trinajstić information content (AvgIpc) is 2.62. The molecule has 2 N–H and O–H groups in total. The first-order valence-corrected chi connectivity index (χ1v) is 8.42. The van der Waals surface area contributed by atoms with Crippen molar-refractivity contribution in [3.63, 3.8) is 0 Å². The number of aromatic nitrogens is 1. The van der Waals surface area contributed by atoms with Crippen LogP contribution < -0.4 is 5.32 Å². The van der Waals surface area contributed by atoms with Crippen LogP contribution in [0.3, 0.4) is 0 Å². The molecule has 1 aromatic heterocycles. The van der Waals surface area contributed by atoms with Gasteiger partial charge in [0.25, 0.3) is 0 Å². The van der Waals surface area contributed by atoms with Crippen LogP contribution in [0.25, 0.3) is 10.8 Å². The number of hydrogen-bond acceptors (Lipinski definition) is 3. The molecule has 0 radical (unpaired) electrons. The molecule has 1 atom stereocenters. The number of anilines is 1. The maximum absolute atomic E-state index is 8.24. The second kappa shape index (κ2) is 7.73. The number of rotatable bonds is 7. The molecule has 1 heterocycles. The summed E-state index contributed by atoms with van der Waals surface area (Å²) >= 11 is 0. The van der Waals surface area contributed by atoms with E-state index in [0.29, 0.717) is 5.92 Å². The second-order valence-electron chi connectivity index (χ2n) is 6.21. The number of fused-ring (bicyclic) bond motifs is 1. The summed E-state index contributed by atoms with van der Waals surface area (Å²) < 4.78 is 0. The van der Waals surface area contributed by atoms with Crippen molar-refractivity contribution in [3.8, 4) is 0 Å². The van der Waals surface area contributed by atoms with Crippen LogP contribution >= 0.6 is 0 Å². The third-order valence-electron chi connectivity index (χ3n) is 4.29. The molecule has 3 nitrogen and oxygen atoms in total. The maximum atomic E-state index is 8.24. The number of nitrogens with zero attached hydrogens (tertiary/aromatic N) is 1. The number of nitrogens with one attached hydrogen (secondary N) is 2. The number of hydrogen-bond donors (Lipinski definition) is 2. The molecular weight excluding hydrogens is 294 g/mol. The molecule has 122 valence electrons. The molecule has 0 amide bonds. The van der Waals surface area contributed by atoms with Crippen molar-refractivity contribution in [2.24, 2.45) is 0 Å². The fraction of sp³-hybridized carbons (Fsp3) is 0.238. The van der Waals surface area contributed by atoms with Gasteiger partial charge in [-0.3, -0.25) is 0 Å². The van der Waals surface area contributed by atoms with Crippen molar-refractivity contribution >= 4 is 22.3 Å². The van der Waals surface area contributed by atoms with E-state index in [1.807, 2.05) is 18.2 Å². The zero-order chi connectivity index (χ0) is 16.8. The lowest BCUT2D eigenvalue weighted by atomic mass is 9.92. The lowest BCUT2D eigenvalue weighted by Crippen LogP contribution is -2.11. The second-order valence-corrected chi connectivity index (χ2v) is 6.21. The third-order valence-corrected chi connectivity index (χ3v) is 4.29. The Kier molecular flexibility index (Phi) is 5.22. The Labute approximate surface area is 143 Å². The summed E-state index contributed by atoms with van der Waals surface area (Å²) in [7, 11) is 0. The molecule has 0 bridgehead atoms. The van der Waals surface area contributed by atoms with Crippen molar-refractivity contribution in [2.75, 3.05) is 11.9 Å². The Morgan fingerprint density at radius 3 is 2.62 bits per heavy atom. The lowest BCUT2D eigenvalue weighted by Gasteiger charge is -2.14. The van der Waals surface area contributed by atoms with Gasteiger partial charge in [-0.1, -0.05) is 55.5 Å². The summed E-state index contributed by atoms with van der Waals surface area (Å²) in [6, 6.07) is 20.8. The van der Waals surface area contributed by atoms with Crippen LogP contribution in [0.15, 0.2) is 66.9 Å². The van der Waals surface area contributed by atoms with Crippen molar-refractivity contribution in [1.82, 2.24) is 4.98 Å². The summed E-state index contributed by atoms with van der Waals surface area (Å²) in [6.07, 6.45) is 3.31. The molecule has 0 fully saturated rings. The van der Waals surface area contributed by atoms with E-state index in [9.17, 15) is 0 Å². The van der Waals surface area contributed by atoms with Gasteiger partial charge in [-0.2, -0.15) is 0 Å². The predicted molar refractivity (Wildman–Crippen MR) is 102 cm³/mol. The van der Waals surface area contributed by atoms with Crippen LogP contribution in [0.2, 0.25) is 0 Å². The molecular formula is C21H23N3. The normalized spacial score (nSPS) is 12.0. The first-order chi connectivity index (χ1) is 11.7. The van der Waals surface area contributed by atoms with E-state index in [4.69, 9.17) is 5.41 Å². The van der Waals surface area contributed by atoms with Crippen LogP contribution in [0.4, 0.5) is 5.82 Å². The fourth-order valence-electron chi connectivity index (χ4n) is 2.91. The molecule has 0 aliphatic rings. The highest BCUT2D eigenvalue weighted by Crippen LogP contribution is 2.24. The highest BCUT2D eigenvalue weighted by atomic mass is 15.0. The highest BCUT2D eigenvalue weighted by molar-refractivity contribution is 5.84. The Bertz CT molecular complexity index is 811. The Balaban J connectivity index is 1.53. The van der Waals surface area contributed by atoms with E-state index in [-0.39, 0.29) is 0 Å². The zero-order valence-electron chi connectivity index (χ0n) is 14.0. The number of pyridine rings is 1. The average molecular weight is 317 g/mol. The quantitative estimate of drug-likeness (QED) is 0.585. The minimum Gasteiger partial charge on any atom is -0.370 e. The van der Waals surface area contributed by atoms with E-state index in [2.05, 4.69) is 59.7 Å². The molecule has 0 aliphatic heterocycles. The molecule has 2 aromatic carbocycles. The Morgan fingerprint density at radius 2 is 1.83 bits per heavy atom. The van der Waals surface area contributed by atoms with Gasteiger partial charge in [0.05, 0.1) is 0 Å². The smallest absolute Gasteiger partial charge is 0.125 e. The van der Waals surface area contributed by atoms with Crippen LogP contribution in [0.5, 0.6) is 0 Å². The van der Waals surface area contributed by atoms with Crippen LogP contribution in [0, 0.1) is 5.41 Å². The van der Waals surface area contributed by atoms with Gasteiger partial charge in [0.15, 0.2) is 0 Å². The van der Waals surface area contributed by atoms with Crippen LogP contribution in [-0.4, -0.2) is 17.2 Å². The zero-order valence-corrected chi connectivity index (χ0v) is 14.0. The lowest BCUT2D eigenvalue weighted by molar-refractivity contribution is 0.789. The first kappa shape index (κ1) is 16.2. The molecule has 0 spiro atoms. The monoisotopic (exact) mass is 317 g/mol. The summed E-state index contributed by atoms with van der Waals surface area (Å²) in [4.78, 5) is 4.23. The molecule has 0 aliphatic carbocycles. The minimum atomic E-state index is 0.358. The standard InChI is InChI=1S/C21H23N3/c1-16(18-10-9-17-6-2-3-7-19(17)15-18)14-20(22)11-13-24-21-8-4-5-12-23-21/h2-10,12,15-16,22H,11,13-14H2,1H3,(H,23,24). The minimum absolute atomic E-state index is 0.358. The van der Waals surface area contributed by atoms with Crippen LogP contribution in [-0.2, 0) is 0 Å². The van der Waals surface area contributed by atoms with Crippen molar-refractivity contribution in [2.45, 2.75) is 25.7 Å². The molecule has 1 unspecified atom stereocenters. The maximum Gasteiger partial charge on any atom is 0.125 e. The number of benzene rings is 2. The van der Waals surface area contributed by atoms with Crippen molar-refractivity contribution in [3.05, 3.63) is 72.4 Å². The van der Waals surface area contributed by atoms with E-state index in [0.717, 1.165) is 30.9 Å². The van der Waals surface area contributed by atoms with Crippen molar-refractivity contribution in [1.29, 1.82) is 5.41 Å². The molecule has 3 aromatic rings. The van der Waals surface area contributed by atoms with E-state index >= 15 is 0 Å². The van der Waals surface area contributed by atoms with Gasteiger partial charge in [0, 0.05) is 24.9 Å². The Hall–Kier alpha value is -2.68. The van der Waals surface area contributed by atoms with Gasteiger partial charge < -0.3 is 10.7 Å². The molecule has 0 saturated heterocycles. The van der Waals surface area contributed by atoms with Gasteiger partial charge in [0.1, 0.15) is 5.82 Å². The SMILES string of the molecule is CC(CC(=N)CCNc1ccccn1)c1ccc2ccccc2c1. The van der Waals surface area contributed by atoms with Gasteiger partial charge >= 0.3 is 0 Å². The predicted octanol–water partition coefficient (Wildman–Crippen LogP) is 5.25. The summed E-state index contributed by atoms with van der Waals surface area (Å²) in [5, 5.41) is 14.0. The molecule has 0 saturated carbocycles. The molecule has 24 heavy (non-hydrogen) atoms. The van der Waals surface area contributed by atoms with E-state index in [1.165, 1.54) is 16.3 Å². The fourth-order valence-corrected chi connectivity index (χ4v) is 2.91. The van der Waals surface area contributed by atoms with Gasteiger partial charge in [-0.05, 0) is 40.8 Å². The van der Waals surface area contributed by atoms with Gasteiger partial charge in [-0.15, -0.1) is 0 Å². The van der Waals surface area contributed by atoms with Gasteiger partial charge in [0.2, 0.25) is 0 Å².